The number of carbonyl (C=O) groups excluding carboxylic acids is 1. The molecule has 3 rings (SSSR count). The van der Waals surface area contributed by atoms with E-state index in [1.165, 1.54) is 18.2 Å². The maximum absolute atomic E-state index is 12.8. The Balaban J connectivity index is 1.83. The summed E-state index contributed by atoms with van der Waals surface area (Å²) in [6, 6.07) is 9.57. The molecule has 0 unspecified atom stereocenters. The number of nitro groups is 1. The molecule has 2 N–H and O–H groups in total. The Morgan fingerprint density at radius 3 is 2.70 bits per heavy atom. The Labute approximate surface area is 179 Å². The lowest BCUT2D eigenvalue weighted by Gasteiger charge is -2.30. The second kappa shape index (κ2) is 10.2. The first kappa shape index (κ1) is 21.8. The van der Waals surface area contributed by atoms with E-state index in [1.54, 1.807) is 19.2 Å². The lowest BCUT2D eigenvalue weighted by Crippen LogP contribution is -2.36. The zero-order valence-electron chi connectivity index (χ0n) is 16.5. The van der Waals surface area contributed by atoms with Gasteiger partial charge >= 0.3 is 0 Å². The van der Waals surface area contributed by atoms with Gasteiger partial charge in [0, 0.05) is 43.4 Å². The maximum Gasteiger partial charge on any atom is 0.293 e. The molecule has 0 atom stereocenters. The van der Waals surface area contributed by atoms with Crippen LogP contribution in [0.25, 0.3) is 0 Å². The minimum atomic E-state index is -0.523. The molecule has 0 aliphatic carbocycles. The van der Waals surface area contributed by atoms with Gasteiger partial charge in [0.25, 0.3) is 11.6 Å². The average molecular weight is 435 g/mol. The lowest BCUT2D eigenvalue weighted by molar-refractivity contribution is -0.384. The van der Waals surface area contributed by atoms with Gasteiger partial charge in [0.05, 0.1) is 36.1 Å². The highest BCUT2D eigenvalue weighted by Gasteiger charge is 2.20. The van der Waals surface area contributed by atoms with E-state index < -0.39 is 10.8 Å². The van der Waals surface area contributed by atoms with Crippen LogP contribution in [-0.4, -0.2) is 57.4 Å². The van der Waals surface area contributed by atoms with Gasteiger partial charge in [-0.05, 0) is 30.3 Å². The average Bonchev–Trinajstić information content (AvgIpc) is 2.74. The molecule has 30 heavy (non-hydrogen) atoms. The van der Waals surface area contributed by atoms with Crippen LogP contribution in [-0.2, 0) is 9.47 Å². The predicted octanol–water partition coefficient (Wildman–Crippen LogP) is 3.40. The highest BCUT2D eigenvalue weighted by molar-refractivity contribution is 6.31. The van der Waals surface area contributed by atoms with Crippen LogP contribution < -0.4 is 15.5 Å². The Morgan fingerprint density at radius 2 is 2.00 bits per heavy atom. The van der Waals surface area contributed by atoms with Crippen LogP contribution in [0.3, 0.4) is 0 Å². The highest BCUT2D eigenvalue weighted by atomic mass is 35.5. The molecule has 0 bridgehead atoms. The van der Waals surface area contributed by atoms with Crippen LogP contribution in [0.4, 0.5) is 22.7 Å². The third-order valence-electron chi connectivity index (χ3n) is 4.64. The monoisotopic (exact) mass is 434 g/mol. The molecule has 1 amide bonds. The summed E-state index contributed by atoms with van der Waals surface area (Å²) < 4.78 is 10.3. The number of benzene rings is 2. The first-order valence-corrected chi connectivity index (χ1v) is 9.82. The zero-order chi connectivity index (χ0) is 21.5. The number of ether oxygens (including phenoxy) is 2. The first-order chi connectivity index (χ1) is 14.5. The van der Waals surface area contributed by atoms with Crippen LogP contribution in [0.1, 0.15) is 10.4 Å². The molecule has 2 aromatic carbocycles. The second-order valence-corrected chi connectivity index (χ2v) is 7.06. The number of carbonyl (C=O) groups is 1. The van der Waals surface area contributed by atoms with Gasteiger partial charge < -0.3 is 25.0 Å². The van der Waals surface area contributed by atoms with Gasteiger partial charge in [0.15, 0.2) is 0 Å². The van der Waals surface area contributed by atoms with Crippen molar-refractivity contribution in [3.8, 4) is 0 Å². The summed E-state index contributed by atoms with van der Waals surface area (Å²) in [7, 11) is 1.55. The molecule has 0 radical (unpaired) electrons. The Hall–Kier alpha value is -2.88. The van der Waals surface area contributed by atoms with Gasteiger partial charge in [-0.25, -0.2) is 0 Å². The van der Waals surface area contributed by atoms with Crippen LogP contribution in [0.15, 0.2) is 36.4 Å². The molecule has 1 fully saturated rings. The van der Waals surface area contributed by atoms with Crippen LogP contribution >= 0.6 is 11.6 Å². The summed E-state index contributed by atoms with van der Waals surface area (Å²) in [6.45, 7) is 3.39. The topological polar surface area (TPSA) is 106 Å². The Kier molecular flexibility index (Phi) is 7.45. The second-order valence-electron chi connectivity index (χ2n) is 6.62. The third kappa shape index (κ3) is 5.38. The van der Waals surface area contributed by atoms with E-state index in [0.717, 1.165) is 5.69 Å². The van der Waals surface area contributed by atoms with Gasteiger partial charge in [-0.1, -0.05) is 11.6 Å². The summed E-state index contributed by atoms with van der Waals surface area (Å²) in [5, 5.41) is 17.7. The van der Waals surface area contributed by atoms with E-state index >= 15 is 0 Å². The molecular weight excluding hydrogens is 412 g/mol. The minimum Gasteiger partial charge on any atom is -0.383 e. The molecule has 0 saturated carbocycles. The van der Waals surface area contributed by atoms with Crippen molar-refractivity contribution in [1.29, 1.82) is 0 Å². The van der Waals surface area contributed by atoms with Crippen molar-refractivity contribution in [2.24, 2.45) is 0 Å². The van der Waals surface area contributed by atoms with Gasteiger partial charge in [0.2, 0.25) is 0 Å². The van der Waals surface area contributed by atoms with Crippen molar-refractivity contribution in [3.05, 3.63) is 57.1 Å². The fourth-order valence-electron chi connectivity index (χ4n) is 3.14. The summed E-state index contributed by atoms with van der Waals surface area (Å²) in [5.41, 5.74) is 1.68. The van der Waals surface area contributed by atoms with Crippen molar-refractivity contribution in [2.75, 3.05) is 62.1 Å². The number of amides is 1. The molecule has 1 aliphatic rings. The number of anilines is 3. The standard InChI is InChI=1S/C20H23ClN4O5/c1-29-9-6-22-16-4-2-14(12-19(16)25(27)28)20(26)23-17-13-15(21)3-5-18(17)24-7-10-30-11-8-24/h2-5,12-13,22H,6-11H2,1H3,(H,23,26). The molecule has 9 nitrogen and oxygen atoms in total. The number of rotatable bonds is 8. The number of nitrogens with zero attached hydrogens (tertiary/aromatic N) is 2. The summed E-state index contributed by atoms with van der Waals surface area (Å²) in [5.74, 6) is -0.460. The fraction of sp³-hybridized carbons (Fsp3) is 0.350. The van der Waals surface area contributed by atoms with Crippen LogP contribution in [0, 0.1) is 10.1 Å². The summed E-state index contributed by atoms with van der Waals surface area (Å²) >= 11 is 6.13. The quantitative estimate of drug-likeness (QED) is 0.372. The van der Waals surface area contributed by atoms with E-state index in [-0.39, 0.29) is 11.3 Å². The molecule has 1 heterocycles. The Morgan fingerprint density at radius 1 is 1.23 bits per heavy atom. The van der Waals surface area contributed by atoms with E-state index in [9.17, 15) is 14.9 Å². The van der Waals surface area contributed by atoms with E-state index in [0.29, 0.717) is 55.9 Å². The SMILES string of the molecule is COCCNc1ccc(C(=O)Nc2cc(Cl)ccc2N2CCOCC2)cc1[N+](=O)[O-]. The molecule has 10 heteroatoms. The van der Waals surface area contributed by atoms with Gasteiger partial charge in [-0.3, -0.25) is 14.9 Å². The largest absolute Gasteiger partial charge is 0.383 e. The number of methoxy groups -OCH3 is 1. The van der Waals surface area contributed by atoms with E-state index in [2.05, 4.69) is 15.5 Å². The number of nitrogens with one attached hydrogen (secondary N) is 2. The smallest absolute Gasteiger partial charge is 0.293 e. The van der Waals surface area contributed by atoms with Crippen LogP contribution in [0.2, 0.25) is 5.02 Å². The van der Waals surface area contributed by atoms with Crippen molar-refractivity contribution in [1.82, 2.24) is 0 Å². The number of nitro benzene ring substituents is 1. The van der Waals surface area contributed by atoms with Crippen molar-refractivity contribution in [3.63, 3.8) is 0 Å². The molecule has 1 aliphatic heterocycles. The normalized spacial score (nSPS) is 13.7. The first-order valence-electron chi connectivity index (χ1n) is 9.44. The number of hydrogen-bond donors (Lipinski definition) is 2. The highest BCUT2D eigenvalue weighted by Crippen LogP contribution is 2.31. The number of morpholine rings is 1. The maximum atomic E-state index is 12.8. The zero-order valence-corrected chi connectivity index (χ0v) is 17.3. The van der Waals surface area contributed by atoms with E-state index in [1.807, 2.05) is 6.07 Å². The van der Waals surface area contributed by atoms with Gasteiger partial charge in [0.1, 0.15) is 5.69 Å². The van der Waals surface area contributed by atoms with Crippen molar-refractivity contribution in [2.45, 2.75) is 0 Å². The van der Waals surface area contributed by atoms with Crippen molar-refractivity contribution >= 4 is 40.3 Å². The summed E-state index contributed by atoms with van der Waals surface area (Å²) in [6.07, 6.45) is 0. The third-order valence-corrected chi connectivity index (χ3v) is 4.87. The van der Waals surface area contributed by atoms with E-state index in [4.69, 9.17) is 21.1 Å². The molecule has 0 aromatic heterocycles. The molecule has 1 saturated heterocycles. The van der Waals surface area contributed by atoms with Gasteiger partial charge in [-0.15, -0.1) is 0 Å². The minimum absolute atomic E-state index is 0.173. The molecule has 0 spiro atoms. The lowest BCUT2D eigenvalue weighted by atomic mass is 10.1. The predicted molar refractivity (Wildman–Crippen MR) is 116 cm³/mol. The molecule has 2 aromatic rings. The Bertz CT molecular complexity index is 918. The number of halogens is 1. The van der Waals surface area contributed by atoms with Crippen molar-refractivity contribution < 1.29 is 19.2 Å². The van der Waals surface area contributed by atoms with Crippen LogP contribution in [0.5, 0.6) is 0 Å². The number of hydrogen-bond acceptors (Lipinski definition) is 7. The van der Waals surface area contributed by atoms with Gasteiger partial charge in [-0.2, -0.15) is 0 Å². The molecular formula is C20H23ClN4O5. The fourth-order valence-corrected chi connectivity index (χ4v) is 3.32. The molecule has 160 valence electrons. The summed E-state index contributed by atoms with van der Waals surface area (Å²) in [4.78, 5) is 25.9.